The molecule has 1 aliphatic rings. The van der Waals surface area contributed by atoms with Gasteiger partial charge < -0.3 is 14.5 Å². The summed E-state index contributed by atoms with van der Waals surface area (Å²) in [6, 6.07) is 35.0. The molecule has 1 aliphatic heterocycles. The molecule has 5 aromatic rings. The number of halogens is 2. The average molecular weight is 867 g/mol. The fraction of sp³-hybridized carbons (Fsp3) is 0.304. The summed E-state index contributed by atoms with van der Waals surface area (Å²) >= 11 is -1.75. The molecule has 0 radical (unpaired) electrons. The molecule has 1 heterocycles. The first-order valence-corrected chi connectivity index (χ1v) is 24.2. The predicted octanol–water partition coefficient (Wildman–Crippen LogP) is 13.0. The van der Waals surface area contributed by atoms with Gasteiger partial charge in [0.2, 0.25) is 0 Å². The van der Waals surface area contributed by atoms with Gasteiger partial charge in [-0.15, -0.1) is 0 Å². The Bertz CT molecular complexity index is 2040. The van der Waals surface area contributed by atoms with Crippen molar-refractivity contribution >= 4 is 46.7 Å². The van der Waals surface area contributed by atoms with Crippen LogP contribution in [0, 0.1) is 48.2 Å². The Balaban J connectivity index is 0.000000350. The molecule has 1 unspecified atom stereocenters. The van der Waals surface area contributed by atoms with Gasteiger partial charge in [-0.1, -0.05) is 53.6 Å². The number of benzene rings is 5. The van der Waals surface area contributed by atoms with E-state index in [1.54, 1.807) is 0 Å². The van der Waals surface area contributed by atoms with Gasteiger partial charge in [-0.05, 0) is 113 Å². The normalized spacial score (nSPS) is 14.2. The van der Waals surface area contributed by atoms with Crippen LogP contribution in [-0.4, -0.2) is 34.6 Å². The number of hydrogen-bond acceptors (Lipinski definition) is 5. The number of azo groups is 1. The van der Waals surface area contributed by atoms with Crippen molar-refractivity contribution in [3.63, 3.8) is 0 Å². The standard InChI is InChI=1S/C36H41N4O.C10H12O.2ClH.Ru/c1-25-19-27(3)35(28(4)20-25)39-23-33(40(24-39)36-29(5)21-26(2)22-30(36)6)13-10-18-41-34-16-14-32(15-17-34)38-37-31-11-8-7-9-12-31;1-8(2)11-10-7-5-4-6-9(10)3;;;/h7-9,11-12,14-17,19-22,24,33H,10,13,18,23H2,1-6H3;3-8H,1-2H3;2*1H;/q-1;;;;+2/p-1. The van der Waals surface area contributed by atoms with Gasteiger partial charge in [0, 0.05) is 24.0 Å². The summed E-state index contributed by atoms with van der Waals surface area (Å²) in [5, 5.41) is 8.62. The van der Waals surface area contributed by atoms with Crippen molar-refractivity contribution < 1.29 is 23.0 Å². The second-order valence-electron chi connectivity index (χ2n) is 14.4. The van der Waals surface area contributed by atoms with E-state index >= 15 is 0 Å². The molecule has 5 aromatic carbocycles. The molecule has 0 spiro atoms. The van der Waals surface area contributed by atoms with Gasteiger partial charge in [0.1, 0.15) is 5.75 Å². The molecule has 6 rings (SSSR count). The minimum Gasteiger partial charge on any atom is -0.501 e. The number of anilines is 2. The predicted molar refractivity (Wildman–Crippen MR) is 231 cm³/mol. The zero-order valence-electron chi connectivity index (χ0n) is 33.2. The zero-order chi connectivity index (χ0) is 39.5. The van der Waals surface area contributed by atoms with Crippen LogP contribution < -0.4 is 14.5 Å². The monoisotopic (exact) mass is 866 g/mol. The largest absolute Gasteiger partial charge is 0.501 e. The Kier molecular flexibility index (Phi) is 15.5. The SMILES string of the molecule is CC(C)[OH+]c1ccccc1[CH]=[Ru]([Cl])[Cl].Cc1cc(C)c(N2[CH-]N(c3c(C)cc(C)cc3C)C(CCCOc3ccc(N=Nc4ccccc4)cc3)C2)c(C)c1. The Morgan fingerprint density at radius 1 is 0.764 bits per heavy atom. The smallest absolute Gasteiger partial charge is 0.119 e. The van der Waals surface area contributed by atoms with Gasteiger partial charge in [-0.25, -0.2) is 0 Å². The topological polar surface area (TPSA) is 53.2 Å². The van der Waals surface area contributed by atoms with Crippen molar-refractivity contribution in [3.05, 3.63) is 149 Å². The molecule has 9 heteroatoms. The molecule has 0 saturated carbocycles. The molecule has 1 fully saturated rings. The molecular weight excluding hydrogens is 813 g/mol. The van der Waals surface area contributed by atoms with E-state index in [0.717, 1.165) is 47.8 Å². The van der Waals surface area contributed by atoms with E-state index in [2.05, 4.69) is 97.2 Å². The molecule has 0 aliphatic carbocycles. The summed E-state index contributed by atoms with van der Waals surface area (Å²) in [7, 11) is 11.7. The number of rotatable bonds is 12. The van der Waals surface area contributed by atoms with E-state index in [-0.39, 0.29) is 6.10 Å². The van der Waals surface area contributed by atoms with Crippen molar-refractivity contribution in [3.8, 4) is 11.5 Å². The van der Waals surface area contributed by atoms with Crippen LogP contribution in [0.5, 0.6) is 11.5 Å². The van der Waals surface area contributed by atoms with E-state index < -0.39 is 13.5 Å². The first kappa shape index (κ1) is 42.1. The van der Waals surface area contributed by atoms with Crippen molar-refractivity contribution in [2.75, 3.05) is 23.0 Å². The minimum atomic E-state index is -1.75. The molecule has 0 amide bonds. The Morgan fingerprint density at radius 3 is 1.89 bits per heavy atom. The van der Waals surface area contributed by atoms with E-state index in [9.17, 15) is 0 Å². The summed E-state index contributed by atoms with van der Waals surface area (Å²) in [4.78, 5) is 4.96. The van der Waals surface area contributed by atoms with Crippen LogP contribution in [0.25, 0.3) is 0 Å². The van der Waals surface area contributed by atoms with Crippen LogP contribution >= 0.6 is 19.4 Å². The van der Waals surface area contributed by atoms with Crippen molar-refractivity contribution in [2.45, 2.75) is 80.4 Å². The Morgan fingerprint density at radius 2 is 1.31 bits per heavy atom. The number of aromatic hydroxyl groups is 1. The van der Waals surface area contributed by atoms with Crippen LogP contribution in [0.15, 0.2) is 113 Å². The quantitative estimate of drug-likeness (QED) is 0.0413. The third-order valence-electron chi connectivity index (χ3n) is 9.23. The number of nitrogens with zero attached hydrogens (tertiary/aromatic N) is 4. The van der Waals surface area contributed by atoms with E-state index in [0.29, 0.717) is 12.6 Å². The number of para-hydroxylation sites is 1. The van der Waals surface area contributed by atoms with Crippen LogP contribution in [0.4, 0.5) is 22.7 Å². The summed E-state index contributed by atoms with van der Waals surface area (Å²) in [5.74, 6) is 1.83. The first-order valence-electron chi connectivity index (χ1n) is 18.8. The van der Waals surface area contributed by atoms with Crippen LogP contribution in [0.2, 0.25) is 0 Å². The van der Waals surface area contributed by atoms with Crippen molar-refractivity contribution in [1.29, 1.82) is 0 Å². The Labute approximate surface area is 341 Å². The Hall–Kier alpha value is -4.03. The fourth-order valence-corrected chi connectivity index (χ4v) is 9.03. The van der Waals surface area contributed by atoms with Gasteiger partial charge in [0.05, 0.1) is 18.0 Å². The molecule has 1 atom stereocenters. The van der Waals surface area contributed by atoms with Crippen LogP contribution in [0.1, 0.15) is 65.6 Å². The summed E-state index contributed by atoms with van der Waals surface area (Å²) < 4.78 is 12.5. The van der Waals surface area contributed by atoms with Crippen molar-refractivity contribution in [1.82, 2.24) is 0 Å². The maximum Gasteiger partial charge on any atom is 0.119 e. The molecule has 1 N–H and O–H groups in total. The maximum absolute atomic E-state index is 6.14. The van der Waals surface area contributed by atoms with Gasteiger partial charge in [-0.2, -0.15) is 16.9 Å². The molecule has 292 valence electrons. The zero-order valence-corrected chi connectivity index (χ0v) is 36.5. The number of aliphatic hydroxyl groups is 1. The molecule has 0 bridgehead atoms. The summed E-state index contributed by atoms with van der Waals surface area (Å²) in [6.45, 7) is 21.3. The number of hydrogen-bond donors (Lipinski definition) is 0. The molecule has 0 aromatic heterocycles. The third kappa shape index (κ3) is 12.2. The fourth-order valence-electron chi connectivity index (χ4n) is 7.21. The minimum absolute atomic E-state index is 0.288. The molecule has 55 heavy (non-hydrogen) atoms. The van der Waals surface area contributed by atoms with E-state index in [1.807, 2.05) is 97.3 Å². The number of ether oxygens (including phenoxy) is 2. The second-order valence-corrected chi connectivity index (χ2v) is 20.2. The summed E-state index contributed by atoms with van der Waals surface area (Å²) in [5.41, 5.74) is 13.3. The van der Waals surface area contributed by atoms with Crippen molar-refractivity contribution in [2.24, 2.45) is 10.2 Å². The molecular formula is C46H54Cl2N4O2Ru. The molecule has 1 saturated heterocycles. The van der Waals surface area contributed by atoms with Gasteiger partial charge >= 0.3 is 97.8 Å². The first-order chi connectivity index (χ1) is 26.4. The van der Waals surface area contributed by atoms with E-state index in [4.69, 9.17) is 24.1 Å². The van der Waals surface area contributed by atoms with Crippen LogP contribution in [0.3, 0.4) is 0 Å². The van der Waals surface area contributed by atoms with Gasteiger partial charge in [0.15, 0.2) is 0 Å². The van der Waals surface area contributed by atoms with Gasteiger partial charge in [-0.3, -0.25) is 0 Å². The second kappa shape index (κ2) is 20.2. The van der Waals surface area contributed by atoms with Crippen LogP contribution in [-0.2, 0) is 13.5 Å². The third-order valence-corrected chi connectivity index (χ3v) is 11.1. The van der Waals surface area contributed by atoms with Gasteiger partial charge in [0.25, 0.3) is 0 Å². The maximum atomic E-state index is 6.14. The summed E-state index contributed by atoms with van der Waals surface area (Å²) in [6.07, 6.45) is 2.29. The van der Waals surface area contributed by atoms with E-state index in [1.165, 1.54) is 44.8 Å². The average Bonchev–Trinajstić information content (AvgIpc) is 3.52. The molecule has 6 nitrogen and oxygen atoms in total. The number of aryl methyl sites for hydroxylation is 6.